The molecular weight excluding hydrogens is 176 g/mol. The first kappa shape index (κ1) is 9.97. The van der Waals surface area contributed by atoms with Crippen LogP contribution in [0, 0.1) is 5.92 Å². The number of carbonyl (C=O) groups is 1. The quantitative estimate of drug-likeness (QED) is 0.735. The summed E-state index contributed by atoms with van der Waals surface area (Å²) in [5.41, 5.74) is 5.60. The third kappa shape index (κ3) is 1.78. The van der Waals surface area contributed by atoms with Crippen LogP contribution in [0.15, 0.2) is 0 Å². The number of rotatable bonds is 3. The van der Waals surface area contributed by atoms with Gasteiger partial charge in [0.15, 0.2) is 0 Å². The van der Waals surface area contributed by atoms with E-state index in [4.69, 9.17) is 5.73 Å². The summed E-state index contributed by atoms with van der Waals surface area (Å²) in [5.74, 6) is 1.06. The molecule has 2 fully saturated rings. The second-order valence-corrected chi connectivity index (χ2v) is 4.53. The molecule has 0 spiro atoms. The lowest BCUT2D eigenvalue weighted by Gasteiger charge is -2.29. The van der Waals surface area contributed by atoms with Gasteiger partial charge >= 0.3 is 0 Å². The van der Waals surface area contributed by atoms with Crippen LogP contribution < -0.4 is 5.73 Å². The lowest BCUT2D eigenvalue weighted by atomic mass is 9.98. The van der Waals surface area contributed by atoms with Crippen LogP contribution in [0.3, 0.4) is 0 Å². The second-order valence-electron chi connectivity index (χ2n) is 4.53. The first-order chi connectivity index (χ1) is 6.83. The van der Waals surface area contributed by atoms with Gasteiger partial charge < -0.3 is 10.6 Å². The number of amides is 1. The summed E-state index contributed by atoms with van der Waals surface area (Å²) in [6.45, 7) is 1.76. The van der Waals surface area contributed by atoms with Gasteiger partial charge in [0.25, 0.3) is 0 Å². The van der Waals surface area contributed by atoms with Crippen LogP contribution in [-0.4, -0.2) is 29.9 Å². The summed E-state index contributed by atoms with van der Waals surface area (Å²) in [4.78, 5) is 13.7. The van der Waals surface area contributed by atoms with E-state index in [1.54, 1.807) is 0 Å². The van der Waals surface area contributed by atoms with Crippen molar-refractivity contribution in [3.8, 4) is 0 Å². The number of carbonyl (C=O) groups excluding carboxylic acids is 1. The molecule has 1 heterocycles. The molecule has 1 amide bonds. The van der Waals surface area contributed by atoms with Crippen LogP contribution in [0.2, 0.25) is 0 Å². The van der Waals surface area contributed by atoms with E-state index in [0.717, 1.165) is 32.4 Å². The minimum atomic E-state index is 0.374. The highest BCUT2D eigenvalue weighted by molar-refractivity contribution is 5.78. The zero-order valence-corrected chi connectivity index (χ0v) is 8.74. The molecule has 1 saturated carbocycles. The number of nitrogens with zero attached hydrogens (tertiary/aromatic N) is 1. The van der Waals surface area contributed by atoms with Gasteiger partial charge in [0, 0.05) is 19.0 Å². The fraction of sp³-hybridized carbons (Fsp3) is 0.909. The van der Waals surface area contributed by atoms with Crippen LogP contribution >= 0.6 is 0 Å². The van der Waals surface area contributed by atoms with Crippen molar-refractivity contribution in [2.75, 3.05) is 13.1 Å². The van der Waals surface area contributed by atoms with Crippen LogP contribution in [0.4, 0.5) is 0 Å². The fourth-order valence-corrected chi connectivity index (χ4v) is 3.00. The zero-order chi connectivity index (χ0) is 9.97. The van der Waals surface area contributed by atoms with E-state index in [0.29, 0.717) is 17.9 Å². The predicted octanol–water partition coefficient (Wildman–Crippen LogP) is 1.13. The monoisotopic (exact) mass is 196 g/mol. The van der Waals surface area contributed by atoms with Gasteiger partial charge in [-0.15, -0.1) is 0 Å². The Morgan fingerprint density at radius 2 is 2.21 bits per heavy atom. The van der Waals surface area contributed by atoms with Crippen molar-refractivity contribution in [1.82, 2.24) is 4.90 Å². The van der Waals surface area contributed by atoms with Crippen molar-refractivity contribution >= 4 is 5.91 Å². The fourth-order valence-electron chi connectivity index (χ4n) is 3.00. The van der Waals surface area contributed by atoms with Crippen LogP contribution in [0.1, 0.15) is 38.5 Å². The molecule has 1 aliphatic carbocycles. The molecule has 0 bridgehead atoms. The maximum Gasteiger partial charge on any atom is 0.222 e. The highest BCUT2D eigenvalue weighted by atomic mass is 16.2. The largest absolute Gasteiger partial charge is 0.339 e. The van der Waals surface area contributed by atoms with Crippen molar-refractivity contribution in [2.24, 2.45) is 11.7 Å². The average molecular weight is 196 g/mol. The van der Waals surface area contributed by atoms with E-state index in [1.165, 1.54) is 19.3 Å². The number of hydrogen-bond donors (Lipinski definition) is 1. The normalized spacial score (nSPS) is 32.9. The standard InChI is InChI=1S/C11H20N2O/c12-7-6-9-3-1-4-10(9)13-8-2-5-11(13)14/h9-10H,1-8,12H2. The third-order valence-electron chi connectivity index (χ3n) is 3.67. The summed E-state index contributed by atoms with van der Waals surface area (Å²) in [7, 11) is 0. The topological polar surface area (TPSA) is 46.3 Å². The molecule has 2 rings (SSSR count). The van der Waals surface area contributed by atoms with E-state index in [2.05, 4.69) is 4.90 Å². The third-order valence-corrected chi connectivity index (χ3v) is 3.67. The zero-order valence-electron chi connectivity index (χ0n) is 8.74. The molecule has 1 saturated heterocycles. The molecule has 0 radical (unpaired) electrons. The second kappa shape index (κ2) is 4.30. The summed E-state index contributed by atoms with van der Waals surface area (Å²) in [6, 6.07) is 0.522. The molecule has 1 aliphatic heterocycles. The molecule has 0 aromatic carbocycles. The molecule has 80 valence electrons. The molecule has 0 aromatic rings. The predicted molar refractivity (Wildman–Crippen MR) is 55.7 cm³/mol. The van der Waals surface area contributed by atoms with Crippen molar-refractivity contribution in [1.29, 1.82) is 0 Å². The molecule has 14 heavy (non-hydrogen) atoms. The minimum Gasteiger partial charge on any atom is -0.339 e. The molecule has 2 unspecified atom stereocenters. The molecule has 2 aliphatic rings. The minimum absolute atomic E-state index is 0.374. The Bertz CT molecular complexity index is 217. The average Bonchev–Trinajstić information content (AvgIpc) is 2.74. The van der Waals surface area contributed by atoms with Crippen LogP contribution in [0.5, 0.6) is 0 Å². The van der Waals surface area contributed by atoms with E-state index in [9.17, 15) is 4.79 Å². The Labute approximate surface area is 85.6 Å². The Morgan fingerprint density at radius 1 is 1.36 bits per heavy atom. The summed E-state index contributed by atoms with van der Waals surface area (Å²) in [6.07, 6.45) is 6.67. The van der Waals surface area contributed by atoms with E-state index < -0.39 is 0 Å². The highest BCUT2D eigenvalue weighted by Crippen LogP contribution is 2.34. The Hall–Kier alpha value is -0.570. The van der Waals surface area contributed by atoms with Gasteiger partial charge in [0.2, 0.25) is 5.91 Å². The van der Waals surface area contributed by atoms with Gasteiger partial charge in [0.05, 0.1) is 0 Å². The van der Waals surface area contributed by atoms with Gasteiger partial charge in [-0.1, -0.05) is 6.42 Å². The smallest absolute Gasteiger partial charge is 0.222 e. The Kier molecular flexibility index (Phi) is 3.06. The summed E-state index contributed by atoms with van der Waals surface area (Å²) in [5, 5.41) is 0. The molecule has 3 nitrogen and oxygen atoms in total. The SMILES string of the molecule is NCCC1CCCC1N1CCCC1=O. The summed E-state index contributed by atoms with van der Waals surface area (Å²) >= 11 is 0. The van der Waals surface area contributed by atoms with Crippen molar-refractivity contribution < 1.29 is 4.79 Å². The molecule has 2 atom stereocenters. The molecule has 0 aromatic heterocycles. The molecule has 3 heteroatoms. The highest BCUT2D eigenvalue weighted by Gasteiger charge is 2.35. The first-order valence-electron chi connectivity index (χ1n) is 5.82. The van der Waals surface area contributed by atoms with Crippen molar-refractivity contribution in [2.45, 2.75) is 44.6 Å². The molecular formula is C11H20N2O. The number of hydrogen-bond acceptors (Lipinski definition) is 2. The first-order valence-corrected chi connectivity index (χ1v) is 5.82. The van der Waals surface area contributed by atoms with Crippen molar-refractivity contribution in [3.63, 3.8) is 0 Å². The Balaban J connectivity index is 1.98. The molecule has 2 N–H and O–H groups in total. The van der Waals surface area contributed by atoms with Gasteiger partial charge in [0.1, 0.15) is 0 Å². The van der Waals surface area contributed by atoms with Gasteiger partial charge in [-0.3, -0.25) is 4.79 Å². The Morgan fingerprint density at radius 3 is 2.86 bits per heavy atom. The lowest BCUT2D eigenvalue weighted by Crippen LogP contribution is -2.39. The summed E-state index contributed by atoms with van der Waals surface area (Å²) < 4.78 is 0. The van der Waals surface area contributed by atoms with E-state index in [1.807, 2.05) is 0 Å². The maximum absolute atomic E-state index is 11.6. The number of nitrogens with two attached hydrogens (primary N) is 1. The van der Waals surface area contributed by atoms with Crippen LogP contribution in [-0.2, 0) is 4.79 Å². The van der Waals surface area contributed by atoms with E-state index >= 15 is 0 Å². The van der Waals surface area contributed by atoms with Gasteiger partial charge in [-0.25, -0.2) is 0 Å². The van der Waals surface area contributed by atoms with Crippen LogP contribution in [0.25, 0.3) is 0 Å². The van der Waals surface area contributed by atoms with Crippen molar-refractivity contribution in [3.05, 3.63) is 0 Å². The van der Waals surface area contributed by atoms with Gasteiger partial charge in [-0.2, -0.15) is 0 Å². The van der Waals surface area contributed by atoms with E-state index in [-0.39, 0.29) is 0 Å². The number of likely N-dealkylation sites (tertiary alicyclic amines) is 1. The lowest BCUT2D eigenvalue weighted by molar-refractivity contribution is -0.130. The maximum atomic E-state index is 11.6. The van der Waals surface area contributed by atoms with Gasteiger partial charge in [-0.05, 0) is 38.1 Å².